The van der Waals surface area contributed by atoms with Crippen LogP contribution >= 0.6 is 0 Å². The molecule has 118 valence electrons. The van der Waals surface area contributed by atoms with Gasteiger partial charge in [0.15, 0.2) is 0 Å². The SMILES string of the molecule is CCOc1ccc(N)c(S(=O)CC(=O)NC(C)C(C)C)c1. The van der Waals surface area contributed by atoms with Crippen LogP contribution in [0.1, 0.15) is 27.7 Å². The van der Waals surface area contributed by atoms with Gasteiger partial charge in [0, 0.05) is 11.7 Å². The number of benzene rings is 1. The van der Waals surface area contributed by atoms with Crippen molar-refractivity contribution in [1.29, 1.82) is 0 Å². The maximum atomic E-state index is 12.3. The fourth-order valence-corrected chi connectivity index (χ4v) is 2.68. The number of anilines is 1. The van der Waals surface area contributed by atoms with Gasteiger partial charge in [0.1, 0.15) is 11.5 Å². The normalized spacial score (nSPS) is 13.8. The standard InChI is InChI=1S/C15H24N2O3S/c1-5-20-12-6-7-13(16)14(8-12)21(19)9-15(18)17-11(4)10(2)3/h6-8,10-11H,5,9,16H2,1-4H3,(H,17,18). The van der Waals surface area contributed by atoms with Crippen LogP contribution in [-0.2, 0) is 15.6 Å². The minimum Gasteiger partial charge on any atom is -0.494 e. The molecule has 0 bridgehead atoms. The second-order valence-corrected chi connectivity index (χ2v) is 6.64. The Bertz CT molecular complexity index is 518. The van der Waals surface area contributed by atoms with Crippen molar-refractivity contribution in [3.8, 4) is 5.75 Å². The molecule has 0 saturated carbocycles. The summed E-state index contributed by atoms with van der Waals surface area (Å²) >= 11 is 0. The van der Waals surface area contributed by atoms with Gasteiger partial charge in [-0.1, -0.05) is 13.8 Å². The summed E-state index contributed by atoms with van der Waals surface area (Å²) in [5, 5.41) is 2.84. The number of carbonyl (C=O) groups is 1. The summed E-state index contributed by atoms with van der Waals surface area (Å²) in [6, 6.07) is 5.04. The van der Waals surface area contributed by atoms with Gasteiger partial charge in [0.2, 0.25) is 5.91 Å². The van der Waals surface area contributed by atoms with E-state index in [4.69, 9.17) is 10.5 Å². The number of hydrogen-bond donors (Lipinski definition) is 2. The van der Waals surface area contributed by atoms with Crippen molar-refractivity contribution in [3.05, 3.63) is 18.2 Å². The lowest BCUT2D eigenvalue weighted by Gasteiger charge is -2.17. The van der Waals surface area contributed by atoms with Gasteiger partial charge in [-0.05, 0) is 38.0 Å². The molecule has 0 heterocycles. The molecule has 2 atom stereocenters. The summed E-state index contributed by atoms with van der Waals surface area (Å²) in [5.41, 5.74) is 6.24. The first-order chi connectivity index (χ1) is 9.85. The first-order valence-corrected chi connectivity index (χ1v) is 8.37. The predicted octanol–water partition coefficient (Wildman–Crippen LogP) is 1.94. The van der Waals surface area contributed by atoms with E-state index in [0.29, 0.717) is 28.9 Å². The van der Waals surface area contributed by atoms with E-state index in [1.807, 2.05) is 27.7 Å². The quantitative estimate of drug-likeness (QED) is 0.754. The fraction of sp³-hybridized carbons (Fsp3) is 0.533. The molecule has 0 aliphatic heterocycles. The number of amides is 1. The minimum atomic E-state index is -1.49. The van der Waals surface area contributed by atoms with Crippen molar-refractivity contribution in [2.45, 2.75) is 38.6 Å². The maximum absolute atomic E-state index is 12.3. The highest BCUT2D eigenvalue weighted by molar-refractivity contribution is 7.86. The van der Waals surface area contributed by atoms with E-state index >= 15 is 0 Å². The second-order valence-electron chi connectivity index (χ2n) is 5.22. The van der Waals surface area contributed by atoms with Crippen LogP contribution in [0.25, 0.3) is 0 Å². The number of rotatable bonds is 7. The van der Waals surface area contributed by atoms with Crippen molar-refractivity contribution >= 4 is 22.4 Å². The Balaban J connectivity index is 2.75. The van der Waals surface area contributed by atoms with Crippen LogP contribution in [0.4, 0.5) is 5.69 Å². The number of nitrogens with two attached hydrogens (primary N) is 1. The van der Waals surface area contributed by atoms with E-state index in [0.717, 1.165) is 0 Å². The molecule has 2 unspecified atom stereocenters. The Morgan fingerprint density at radius 2 is 2.05 bits per heavy atom. The monoisotopic (exact) mass is 312 g/mol. The molecule has 5 nitrogen and oxygen atoms in total. The number of nitrogens with one attached hydrogen (secondary N) is 1. The Morgan fingerprint density at radius 1 is 1.38 bits per heavy atom. The number of carbonyl (C=O) groups excluding carboxylic acids is 1. The second kappa shape index (κ2) is 8.02. The van der Waals surface area contributed by atoms with E-state index in [9.17, 15) is 9.00 Å². The Morgan fingerprint density at radius 3 is 2.62 bits per heavy atom. The third kappa shape index (κ3) is 5.38. The zero-order valence-corrected chi connectivity index (χ0v) is 13.8. The summed E-state index contributed by atoms with van der Waals surface area (Å²) in [4.78, 5) is 12.3. The molecule has 0 aliphatic rings. The van der Waals surface area contributed by atoms with Gasteiger partial charge >= 0.3 is 0 Å². The number of hydrogen-bond acceptors (Lipinski definition) is 4. The molecular formula is C15H24N2O3S. The van der Waals surface area contributed by atoms with E-state index in [1.54, 1.807) is 18.2 Å². The average molecular weight is 312 g/mol. The van der Waals surface area contributed by atoms with E-state index in [1.165, 1.54) is 0 Å². The van der Waals surface area contributed by atoms with Gasteiger partial charge in [0.25, 0.3) is 0 Å². The molecule has 3 N–H and O–H groups in total. The first-order valence-electron chi connectivity index (χ1n) is 7.05. The molecule has 0 radical (unpaired) electrons. The number of nitrogen functional groups attached to an aromatic ring is 1. The van der Waals surface area contributed by atoms with Crippen LogP contribution in [0.3, 0.4) is 0 Å². The minimum absolute atomic E-state index is 0.0432. The Hall–Kier alpha value is -1.56. The fourth-order valence-electron chi connectivity index (χ4n) is 1.63. The van der Waals surface area contributed by atoms with Crippen LogP contribution in [0.2, 0.25) is 0 Å². The summed E-state index contributed by atoms with van der Waals surface area (Å²) in [7, 11) is -1.49. The molecule has 0 aliphatic carbocycles. The van der Waals surface area contributed by atoms with Crippen molar-refractivity contribution in [2.24, 2.45) is 5.92 Å². The molecule has 1 rings (SSSR count). The van der Waals surface area contributed by atoms with Gasteiger partial charge in [-0.3, -0.25) is 9.00 Å². The van der Waals surface area contributed by atoms with Crippen molar-refractivity contribution in [2.75, 3.05) is 18.1 Å². The summed E-state index contributed by atoms with van der Waals surface area (Å²) in [6.07, 6.45) is 0. The lowest BCUT2D eigenvalue weighted by Crippen LogP contribution is -2.38. The van der Waals surface area contributed by atoms with E-state index in [-0.39, 0.29) is 17.7 Å². The van der Waals surface area contributed by atoms with Gasteiger partial charge in [-0.25, -0.2) is 0 Å². The molecule has 1 aromatic carbocycles. The average Bonchev–Trinajstić information content (AvgIpc) is 2.40. The van der Waals surface area contributed by atoms with Crippen molar-refractivity contribution < 1.29 is 13.7 Å². The van der Waals surface area contributed by atoms with Crippen LogP contribution < -0.4 is 15.8 Å². The summed E-state index contributed by atoms with van der Waals surface area (Å²) < 4.78 is 17.7. The Labute approximate surface area is 128 Å². The smallest absolute Gasteiger partial charge is 0.233 e. The maximum Gasteiger partial charge on any atom is 0.233 e. The van der Waals surface area contributed by atoms with E-state index < -0.39 is 10.8 Å². The third-order valence-corrected chi connectivity index (χ3v) is 4.56. The highest BCUT2D eigenvalue weighted by Crippen LogP contribution is 2.23. The van der Waals surface area contributed by atoms with Crippen LogP contribution in [0.5, 0.6) is 5.75 Å². The van der Waals surface area contributed by atoms with Crippen LogP contribution in [-0.4, -0.2) is 28.5 Å². The Kier molecular flexibility index (Phi) is 6.68. The van der Waals surface area contributed by atoms with Crippen molar-refractivity contribution in [3.63, 3.8) is 0 Å². The van der Waals surface area contributed by atoms with Gasteiger partial charge in [-0.2, -0.15) is 0 Å². The highest BCUT2D eigenvalue weighted by atomic mass is 32.2. The van der Waals surface area contributed by atoms with Gasteiger partial charge in [-0.15, -0.1) is 0 Å². The molecule has 0 spiro atoms. The van der Waals surface area contributed by atoms with E-state index in [2.05, 4.69) is 5.32 Å². The van der Waals surface area contributed by atoms with Gasteiger partial charge in [0.05, 0.1) is 22.3 Å². The topological polar surface area (TPSA) is 81.4 Å². The zero-order chi connectivity index (χ0) is 16.0. The molecule has 0 aromatic heterocycles. The molecule has 1 aromatic rings. The van der Waals surface area contributed by atoms with Crippen molar-refractivity contribution in [1.82, 2.24) is 5.32 Å². The molecule has 21 heavy (non-hydrogen) atoms. The number of ether oxygens (including phenoxy) is 1. The predicted molar refractivity (Wildman–Crippen MR) is 85.7 cm³/mol. The molecule has 0 saturated heterocycles. The molecule has 1 amide bonds. The summed E-state index contributed by atoms with van der Waals surface area (Å²) in [6.45, 7) is 8.35. The molecular weight excluding hydrogens is 288 g/mol. The lowest BCUT2D eigenvalue weighted by molar-refractivity contribution is -0.119. The van der Waals surface area contributed by atoms with Crippen LogP contribution in [0, 0.1) is 5.92 Å². The zero-order valence-electron chi connectivity index (χ0n) is 13.0. The molecule has 6 heteroatoms. The summed E-state index contributed by atoms with van der Waals surface area (Å²) in [5.74, 6) is 0.590. The molecule has 0 fully saturated rings. The lowest BCUT2D eigenvalue weighted by atomic mass is 10.1. The highest BCUT2D eigenvalue weighted by Gasteiger charge is 2.16. The third-order valence-electron chi connectivity index (χ3n) is 3.19. The van der Waals surface area contributed by atoms with Crippen LogP contribution in [0.15, 0.2) is 23.1 Å². The largest absolute Gasteiger partial charge is 0.494 e. The first kappa shape index (κ1) is 17.5. The van der Waals surface area contributed by atoms with Gasteiger partial charge < -0.3 is 15.8 Å².